The molecular formula is C12H19N3OS. The maximum absolute atomic E-state index is 11.4. The normalized spacial score (nSPS) is 21.9. The van der Waals surface area contributed by atoms with Gasteiger partial charge in [-0.2, -0.15) is 0 Å². The zero-order valence-corrected chi connectivity index (χ0v) is 11.1. The zero-order chi connectivity index (χ0) is 12.4. The summed E-state index contributed by atoms with van der Waals surface area (Å²) in [4.78, 5) is 15.3. The van der Waals surface area contributed by atoms with E-state index in [-0.39, 0.29) is 11.8 Å². The quantitative estimate of drug-likeness (QED) is 0.485. The van der Waals surface area contributed by atoms with E-state index in [1.807, 2.05) is 18.3 Å². The minimum absolute atomic E-state index is 0.0670. The summed E-state index contributed by atoms with van der Waals surface area (Å²) < 4.78 is 0. The monoisotopic (exact) mass is 253 g/mol. The van der Waals surface area contributed by atoms with Crippen molar-refractivity contribution >= 4 is 17.2 Å². The lowest BCUT2D eigenvalue weighted by Crippen LogP contribution is -2.43. The van der Waals surface area contributed by atoms with Crippen molar-refractivity contribution in [3.8, 4) is 0 Å². The fourth-order valence-electron chi connectivity index (χ4n) is 2.39. The van der Waals surface area contributed by atoms with Crippen molar-refractivity contribution in [1.29, 1.82) is 0 Å². The van der Waals surface area contributed by atoms with Crippen molar-refractivity contribution in [3.63, 3.8) is 0 Å². The molecule has 0 saturated heterocycles. The highest BCUT2D eigenvalue weighted by molar-refractivity contribution is 7.10. The molecule has 0 saturated carbocycles. The number of hydrogen-bond donors (Lipinski definition) is 2. The Bertz CT molecular complexity index is 404. The standard InChI is InChI=1S/C12H19N3OS/c1-8(12(16)14-13)7-15-5-3-11-10(9(15)2)4-6-17-11/h4,6,8-9H,3,5,7,13H2,1-2H3,(H,14,16). The van der Waals surface area contributed by atoms with Crippen LogP contribution in [0.5, 0.6) is 0 Å². The number of hydrogen-bond acceptors (Lipinski definition) is 4. The van der Waals surface area contributed by atoms with Crippen molar-refractivity contribution in [2.45, 2.75) is 26.3 Å². The van der Waals surface area contributed by atoms with Gasteiger partial charge in [0.2, 0.25) is 5.91 Å². The van der Waals surface area contributed by atoms with E-state index < -0.39 is 0 Å². The third kappa shape index (κ3) is 2.51. The summed E-state index contributed by atoms with van der Waals surface area (Å²) in [5.74, 6) is 5.00. The fraction of sp³-hybridized carbons (Fsp3) is 0.583. The predicted octanol–water partition coefficient (Wildman–Crippen LogP) is 1.29. The molecule has 94 valence electrons. The molecule has 0 aliphatic carbocycles. The first-order valence-corrected chi connectivity index (χ1v) is 6.82. The molecule has 2 unspecified atom stereocenters. The molecule has 1 aromatic rings. The third-order valence-electron chi connectivity index (χ3n) is 3.50. The van der Waals surface area contributed by atoms with E-state index in [1.54, 1.807) is 0 Å². The van der Waals surface area contributed by atoms with Crippen molar-refractivity contribution in [2.24, 2.45) is 11.8 Å². The molecule has 1 aliphatic rings. The van der Waals surface area contributed by atoms with E-state index >= 15 is 0 Å². The van der Waals surface area contributed by atoms with Crippen molar-refractivity contribution < 1.29 is 4.79 Å². The predicted molar refractivity (Wildman–Crippen MR) is 69.5 cm³/mol. The summed E-state index contributed by atoms with van der Waals surface area (Å²) in [6.45, 7) is 5.91. The average molecular weight is 253 g/mol. The Kier molecular flexibility index (Phi) is 3.81. The molecule has 0 radical (unpaired) electrons. The minimum Gasteiger partial charge on any atom is -0.295 e. The highest BCUT2D eigenvalue weighted by Crippen LogP contribution is 2.32. The number of amides is 1. The van der Waals surface area contributed by atoms with Crippen LogP contribution in [0.2, 0.25) is 0 Å². The van der Waals surface area contributed by atoms with E-state index in [2.05, 4.69) is 28.7 Å². The van der Waals surface area contributed by atoms with Gasteiger partial charge in [0.1, 0.15) is 0 Å². The second-order valence-corrected chi connectivity index (χ2v) is 5.63. The number of carbonyl (C=O) groups is 1. The van der Waals surface area contributed by atoms with Gasteiger partial charge in [-0.3, -0.25) is 15.1 Å². The van der Waals surface area contributed by atoms with Crippen LogP contribution in [0.1, 0.15) is 30.3 Å². The maximum Gasteiger partial charge on any atom is 0.237 e. The fourth-order valence-corrected chi connectivity index (χ4v) is 3.35. The molecule has 1 aromatic heterocycles. The first kappa shape index (κ1) is 12.5. The summed E-state index contributed by atoms with van der Waals surface area (Å²) in [7, 11) is 0. The lowest BCUT2D eigenvalue weighted by atomic mass is 9.99. The lowest BCUT2D eigenvalue weighted by Gasteiger charge is -2.34. The van der Waals surface area contributed by atoms with Gasteiger partial charge in [0.15, 0.2) is 0 Å². The molecule has 2 rings (SSSR count). The topological polar surface area (TPSA) is 58.4 Å². The molecular weight excluding hydrogens is 234 g/mol. The summed E-state index contributed by atoms with van der Waals surface area (Å²) in [6.07, 6.45) is 1.09. The van der Waals surface area contributed by atoms with Crippen LogP contribution >= 0.6 is 11.3 Å². The van der Waals surface area contributed by atoms with Crippen LogP contribution in [-0.4, -0.2) is 23.9 Å². The Morgan fingerprint density at radius 1 is 1.76 bits per heavy atom. The molecule has 0 aromatic carbocycles. The van der Waals surface area contributed by atoms with Gasteiger partial charge in [0, 0.05) is 29.9 Å². The first-order valence-electron chi connectivity index (χ1n) is 5.94. The Hall–Kier alpha value is -0.910. The second kappa shape index (κ2) is 5.16. The molecule has 17 heavy (non-hydrogen) atoms. The molecule has 0 fully saturated rings. The van der Waals surface area contributed by atoms with Crippen LogP contribution in [0.25, 0.3) is 0 Å². The molecule has 1 aliphatic heterocycles. The highest BCUT2D eigenvalue weighted by Gasteiger charge is 2.27. The SMILES string of the molecule is CC(CN1CCc2sccc2C1C)C(=O)NN. The Morgan fingerprint density at radius 2 is 2.53 bits per heavy atom. The van der Waals surface area contributed by atoms with Crippen LogP contribution in [-0.2, 0) is 11.2 Å². The third-order valence-corrected chi connectivity index (χ3v) is 4.50. The number of fused-ring (bicyclic) bond motifs is 1. The van der Waals surface area contributed by atoms with Crippen LogP contribution in [0, 0.1) is 5.92 Å². The van der Waals surface area contributed by atoms with Gasteiger partial charge < -0.3 is 0 Å². The van der Waals surface area contributed by atoms with E-state index in [0.717, 1.165) is 19.5 Å². The van der Waals surface area contributed by atoms with Crippen LogP contribution in [0.3, 0.4) is 0 Å². The van der Waals surface area contributed by atoms with Crippen molar-refractivity contribution in [2.75, 3.05) is 13.1 Å². The van der Waals surface area contributed by atoms with Crippen LogP contribution in [0.4, 0.5) is 0 Å². The molecule has 4 nitrogen and oxygen atoms in total. The van der Waals surface area contributed by atoms with Gasteiger partial charge in [-0.15, -0.1) is 11.3 Å². The van der Waals surface area contributed by atoms with E-state index in [0.29, 0.717) is 6.04 Å². The van der Waals surface area contributed by atoms with Gasteiger partial charge in [0.05, 0.1) is 0 Å². The Morgan fingerprint density at radius 3 is 3.24 bits per heavy atom. The number of nitrogens with zero attached hydrogens (tertiary/aromatic N) is 1. The zero-order valence-electron chi connectivity index (χ0n) is 10.3. The summed E-state index contributed by atoms with van der Waals surface area (Å²) in [6, 6.07) is 2.60. The van der Waals surface area contributed by atoms with Crippen molar-refractivity contribution in [1.82, 2.24) is 10.3 Å². The van der Waals surface area contributed by atoms with Gasteiger partial charge >= 0.3 is 0 Å². The molecule has 3 N–H and O–H groups in total. The number of rotatable bonds is 3. The average Bonchev–Trinajstić information content (AvgIpc) is 2.80. The number of carbonyl (C=O) groups excluding carboxylic acids is 1. The second-order valence-electron chi connectivity index (χ2n) is 4.63. The van der Waals surface area contributed by atoms with Gasteiger partial charge in [-0.25, -0.2) is 5.84 Å². The van der Waals surface area contributed by atoms with Gasteiger partial charge in [-0.05, 0) is 30.4 Å². The Labute approximate surface area is 106 Å². The number of nitrogens with one attached hydrogen (secondary N) is 1. The number of thiophene rings is 1. The van der Waals surface area contributed by atoms with E-state index in [1.165, 1.54) is 10.4 Å². The lowest BCUT2D eigenvalue weighted by molar-refractivity contribution is -0.125. The molecule has 0 spiro atoms. The number of nitrogens with two attached hydrogens (primary N) is 1. The van der Waals surface area contributed by atoms with E-state index in [9.17, 15) is 4.79 Å². The van der Waals surface area contributed by atoms with Gasteiger partial charge in [-0.1, -0.05) is 6.92 Å². The maximum atomic E-state index is 11.4. The number of hydrazine groups is 1. The van der Waals surface area contributed by atoms with E-state index in [4.69, 9.17) is 5.84 Å². The summed E-state index contributed by atoms with van der Waals surface area (Å²) in [5, 5.41) is 2.15. The summed E-state index contributed by atoms with van der Waals surface area (Å²) in [5.41, 5.74) is 3.64. The largest absolute Gasteiger partial charge is 0.295 e. The molecule has 0 bridgehead atoms. The van der Waals surface area contributed by atoms with Crippen molar-refractivity contribution in [3.05, 3.63) is 21.9 Å². The highest BCUT2D eigenvalue weighted by atomic mass is 32.1. The first-order chi connectivity index (χ1) is 8.13. The molecule has 2 atom stereocenters. The molecule has 1 amide bonds. The molecule has 2 heterocycles. The smallest absolute Gasteiger partial charge is 0.237 e. The summed E-state index contributed by atoms with van der Waals surface area (Å²) >= 11 is 1.83. The van der Waals surface area contributed by atoms with Gasteiger partial charge in [0.25, 0.3) is 0 Å². The Balaban J connectivity index is 2.03. The molecule has 5 heteroatoms. The van der Waals surface area contributed by atoms with Crippen LogP contribution < -0.4 is 11.3 Å². The minimum atomic E-state index is -0.0895. The van der Waals surface area contributed by atoms with Crippen LogP contribution in [0.15, 0.2) is 11.4 Å².